The van der Waals surface area contributed by atoms with E-state index < -0.39 is 11.6 Å². The number of halogens is 2. The topological polar surface area (TPSA) is 29.9 Å². The molecule has 3 nitrogen and oxygen atoms in total. The summed E-state index contributed by atoms with van der Waals surface area (Å²) in [4.78, 5) is 4.32. The van der Waals surface area contributed by atoms with E-state index in [0.717, 1.165) is 18.4 Å². The number of benzene rings is 1. The lowest BCUT2D eigenvalue weighted by atomic mass is 10.1. The van der Waals surface area contributed by atoms with Crippen molar-refractivity contribution in [2.75, 3.05) is 6.54 Å². The van der Waals surface area contributed by atoms with Crippen LogP contribution in [0.2, 0.25) is 0 Å². The zero-order valence-electron chi connectivity index (χ0n) is 11.0. The quantitative estimate of drug-likeness (QED) is 0.901. The largest absolute Gasteiger partial charge is 0.334 e. The van der Waals surface area contributed by atoms with Crippen LogP contribution in [0.3, 0.4) is 0 Å². The van der Waals surface area contributed by atoms with Crippen molar-refractivity contribution in [3.05, 3.63) is 53.6 Å². The third-order valence-electron chi connectivity index (χ3n) is 3.03. The van der Waals surface area contributed by atoms with E-state index in [1.54, 1.807) is 12.3 Å². The Hall–Kier alpha value is -1.75. The van der Waals surface area contributed by atoms with Crippen LogP contribution in [0.1, 0.15) is 31.3 Å². The average molecular weight is 265 g/mol. The summed E-state index contributed by atoms with van der Waals surface area (Å²) in [6.07, 6.45) is 3.59. The first-order valence-corrected chi connectivity index (χ1v) is 6.36. The molecule has 0 aliphatic rings. The van der Waals surface area contributed by atoms with Gasteiger partial charge < -0.3 is 9.88 Å². The highest BCUT2D eigenvalue weighted by atomic mass is 19.2. The van der Waals surface area contributed by atoms with Gasteiger partial charge in [0.25, 0.3) is 0 Å². The van der Waals surface area contributed by atoms with Crippen molar-refractivity contribution < 1.29 is 8.78 Å². The molecule has 1 aromatic heterocycles. The summed E-state index contributed by atoms with van der Waals surface area (Å²) < 4.78 is 28.4. The highest BCUT2D eigenvalue weighted by molar-refractivity contribution is 5.26. The summed E-state index contributed by atoms with van der Waals surface area (Å²) >= 11 is 0. The molecular weight excluding hydrogens is 248 g/mol. The van der Waals surface area contributed by atoms with Crippen LogP contribution >= 0.6 is 0 Å². The van der Waals surface area contributed by atoms with E-state index in [1.807, 2.05) is 24.6 Å². The number of imidazole rings is 1. The zero-order chi connectivity index (χ0) is 13.8. The molecule has 19 heavy (non-hydrogen) atoms. The van der Waals surface area contributed by atoms with Crippen molar-refractivity contribution in [3.63, 3.8) is 0 Å². The smallest absolute Gasteiger partial charge is 0.159 e. The molecule has 0 saturated heterocycles. The second kappa shape index (κ2) is 5.93. The van der Waals surface area contributed by atoms with Gasteiger partial charge in [-0.25, -0.2) is 13.8 Å². The van der Waals surface area contributed by atoms with Gasteiger partial charge in [0.1, 0.15) is 5.82 Å². The molecule has 1 atom stereocenters. The summed E-state index contributed by atoms with van der Waals surface area (Å²) in [5.74, 6) is -0.872. The first kappa shape index (κ1) is 13.7. The zero-order valence-corrected chi connectivity index (χ0v) is 11.0. The van der Waals surface area contributed by atoms with E-state index in [4.69, 9.17) is 0 Å². The minimum Gasteiger partial charge on any atom is -0.334 e. The highest BCUT2D eigenvalue weighted by Gasteiger charge is 2.19. The van der Waals surface area contributed by atoms with Gasteiger partial charge in [0.2, 0.25) is 0 Å². The molecule has 1 aromatic carbocycles. The average Bonchev–Trinajstić information content (AvgIpc) is 2.87. The number of aromatic nitrogens is 2. The molecule has 2 rings (SSSR count). The van der Waals surface area contributed by atoms with Gasteiger partial charge in [0.05, 0.1) is 6.04 Å². The first-order chi connectivity index (χ1) is 9.17. The van der Waals surface area contributed by atoms with E-state index in [-0.39, 0.29) is 6.04 Å². The van der Waals surface area contributed by atoms with Gasteiger partial charge in [-0.2, -0.15) is 0 Å². The fourth-order valence-corrected chi connectivity index (χ4v) is 2.10. The van der Waals surface area contributed by atoms with Crippen LogP contribution in [0.4, 0.5) is 8.78 Å². The van der Waals surface area contributed by atoms with Crippen LogP contribution in [-0.2, 0) is 6.54 Å². The van der Waals surface area contributed by atoms with Crippen molar-refractivity contribution in [2.45, 2.75) is 26.4 Å². The minimum atomic E-state index is -0.838. The molecule has 0 radical (unpaired) electrons. The molecule has 0 saturated carbocycles. The lowest BCUT2D eigenvalue weighted by molar-refractivity contribution is 0.500. The van der Waals surface area contributed by atoms with Crippen LogP contribution in [0.25, 0.3) is 0 Å². The lowest BCUT2D eigenvalue weighted by Crippen LogP contribution is -2.25. The Balaban J connectivity index is 2.42. The monoisotopic (exact) mass is 265 g/mol. The van der Waals surface area contributed by atoms with Crippen LogP contribution < -0.4 is 5.32 Å². The second-order valence-electron chi connectivity index (χ2n) is 4.24. The predicted molar refractivity (Wildman–Crippen MR) is 69.8 cm³/mol. The van der Waals surface area contributed by atoms with Crippen molar-refractivity contribution in [1.82, 2.24) is 14.9 Å². The summed E-state index contributed by atoms with van der Waals surface area (Å²) in [5.41, 5.74) is 0.668. The number of aryl methyl sites for hydroxylation is 1. The van der Waals surface area contributed by atoms with Crippen molar-refractivity contribution in [1.29, 1.82) is 0 Å². The second-order valence-corrected chi connectivity index (χ2v) is 4.24. The highest BCUT2D eigenvalue weighted by Crippen LogP contribution is 2.22. The van der Waals surface area contributed by atoms with Crippen molar-refractivity contribution in [2.24, 2.45) is 0 Å². The molecule has 0 bridgehead atoms. The standard InChI is InChI=1S/C14H17F2N3/c1-3-17-13(14-18-7-8-19(14)4-2)10-5-6-11(15)12(16)9-10/h5-9,13,17H,3-4H2,1-2H3. The summed E-state index contributed by atoms with van der Waals surface area (Å²) in [5, 5.41) is 3.25. The first-order valence-electron chi connectivity index (χ1n) is 6.36. The SMILES string of the molecule is CCNC(c1ccc(F)c(F)c1)c1nccn1CC. The number of hydrogen-bond donors (Lipinski definition) is 1. The molecule has 102 valence electrons. The van der Waals surface area contributed by atoms with Gasteiger partial charge in [-0.3, -0.25) is 0 Å². The molecule has 0 spiro atoms. The number of nitrogens with zero attached hydrogens (tertiary/aromatic N) is 2. The predicted octanol–water partition coefficient (Wildman–Crippen LogP) is 2.88. The normalized spacial score (nSPS) is 12.6. The number of nitrogens with one attached hydrogen (secondary N) is 1. The van der Waals surface area contributed by atoms with E-state index in [0.29, 0.717) is 12.1 Å². The summed E-state index contributed by atoms with van der Waals surface area (Å²) in [7, 11) is 0. The lowest BCUT2D eigenvalue weighted by Gasteiger charge is -2.19. The van der Waals surface area contributed by atoms with Gasteiger partial charge in [-0.1, -0.05) is 13.0 Å². The molecule has 1 N–H and O–H groups in total. The van der Waals surface area contributed by atoms with Gasteiger partial charge in [-0.15, -0.1) is 0 Å². The Bertz CT molecular complexity index is 551. The Kier molecular flexibility index (Phi) is 4.27. The maximum atomic E-state index is 13.4. The molecule has 0 fully saturated rings. The van der Waals surface area contributed by atoms with Crippen molar-refractivity contribution >= 4 is 0 Å². The minimum absolute atomic E-state index is 0.241. The summed E-state index contributed by atoms with van der Waals surface area (Å²) in [6.45, 7) is 5.46. The Labute approximate surface area is 111 Å². The maximum absolute atomic E-state index is 13.4. The van der Waals surface area contributed by atoms with E-state index >= 15 is 0 Å². The van der Waals surface area contributed by atoms with E-state index in [9.17, 15) is 8.78 Å². The van der Waals surface area contributed by atoms with E-state index in [1.165, 1.54) is 6.07 Å². The molecule has 2 aromatic rings. The Morgan fingerprint density at radius 3 is 2.68 bits per heavy atom. The van der Waals surface area contributed by atoms with E-state index in [2.05, 4.69) is 10.3 Å². The van der Waals surface area contributed by atoms with Crippen LogP contribution in [0, 0.1) is 11.6 Å². The van der Waals surface area contributed by atoms with Gasteiger partial charge >= 0.3 is 0 Å². The van der Waals surface area contributed by atoms with Gasteiger partial charge in [0, 0.05) is 18.9 Å². The Morgan fingerprint density at radius 1 is 1.26 bits per heavy atom. The fraction of sp³-hybridized carbons (Fsp3) is 0.357. The van der Waals surface area contributed by atoms with Gasteiger partial charge in [-0.05, 0) is 31.2 Å². The van der Waals surface area contributed by atoms with Crippen molar-refractivity contribution in [3.8, 4) is 0 Å². The summed E-state index contributed by atoms with van der Waals surface area (Å²) in [6, 6.07) is 3.71. The number of hydrogen-bond acceptors (Lipinski definition) is 2. The van der Waals surface area contributed by atoms with Crippen LogP contribution in [-0.4, -0.2) is 16.1 Å². The molecular formula is C14H17F2N3. The van der Waals surface area contributed by atoms with Crippen LogP contribution in [0.15, 0.2) is 30.6 Å². The molecule has 5 heteroatoms. The molecule has 0 aliphatic heterocycles. The molecule has 1 unspecified atom stereocenters. The fourth-order valence-electron chi connectivity index (χ4n) is 2.10. The molecule has 0 amide bonds. The third kappa shape index (κ3) is 2.81. The maximum Gasteiger partial charge on any atom is 0.159 e. The van der Waals surface area contributed by atoms with Gasteiger partial charge in [0.15, 0.2) is 11.6 Å². The number of rotatable bonds is 5. The molecule has 1 heterocycles. The molecule has 0 aliphatic carbocycles. The van der Waals surface area contributed by atoms with Crippen LogP contribution in [0.5, 0.6) is 0 Å². The Morgan fingerprint density at radius 2 is 2.05 bits per heavy atom. The third-order valence-corrected chi connectivity index (χ3v) is 3.03.